The van der Waals surface area contributed by atoms with E-state index in [-0.39, 0.29) is 11.5 Å². The second-order valence-corrected chi connectivity index (χ2v) is 3.99. The van der Waals surface area contributed by atoms with Crippen molar-refractivity contribution in [1.82, 2.24) is 0 Å². The van der Waals surface area contributed by atoms with Crippen LogP contribution in [0.1, 0.15) is 25.3 Å². The molecule has 1 rings (SSSR count). The first kappa shape index (κ1) is 21.6. The van der Waals surface area contributed by atoms with Gasteiger partial charge in [-0.3, -0.25) is 14.9 Å². The Morgan fingerprint density at radius 3 is 2.14 bits per heavy atom. The van der Waals surface area contributed by atoms with Crippen LogP contribution in [0.3, 0.4) is 0 Å². The zero-order valence-electron chi connectivity index (χ0n) is 12.2. The van der Waals surface area contributed by atoms with Crippen LogP contribution in [0.25, 0.3) is 0 Å². The first-order valence-electron chi connectivity index (χ1n) is 6.11. The highest BCUT2D eigenvalue weighted by molar-refractivity contribution is 6.17. The van der Waals surface area contributed by atoms with E-state index < -0.39 is 4.92 Å². The minimum atomic E-state index is -0.491. The van der Waals surface area contributed by atoms with Crippen LogP contribution in [0, 0.1) is 47.1 Å². The Bertz CT molecular complexity index is 604. The maximum atomic E-state index is 10.3. The summed E-state index contributed by atoms with van der Waals surface area (Å²) in [6.45, 7) is 1.35. The van der Waals surface area contributed by atoms with Gasteiger partial charge in [0, 0.05) is 25.3 Å². The van der Waals surface area contributed by atoms with Crippen molar-refractivity contribution in [3.05, 3.63) is 39.9 Å². The number of nitrogens with zero attached hydrogens (tertiary/aromatic N) is 1. The minimum Gasteiger partial charge on any atom is -0.285 e. The van der Waals surface area contributed by atoms with Gasteiger partial charge in [0.15, 0.2) is 0 Å². The summed E-state index contributed by atoms with van der Waals surface area (Å²) in [7, 11) is 0. The number of unbranched alkanes of at least 4 members (excludes halogenated alkanes) is 1. The van der Waals surface area contributed by atoms with Gasteiger partial charge in [0.25, 0.3) is 5.69 Å². The minimum absolute atomic E-state index is 0.0185. The maximum absolute atomic E-state index is 10.3. The summed E-state index contributed by atoms with van der Waals surface area (Å²) in [5.74, 6) is 7.08. The van der Waals surface area contributed by atoms with Gasteiger partial charge >= 0.3 is 0 Å². The molecule has 0 radical (unpaired) electrons. The van der Waals surface area contributed by atoms with Crippen LogP contribution in [0.15, 0.2) is 24.3 Å². The molecule has 1 aromatic carbocycles. The fourth-order valence-corrected chi connectivity index (χ4v) is 1.06. The Labute approximate surface area is 136 Å². The van der Waals surface area contributed by atoms with Gasteiger partial charge in [0.05, 0.1) is 4.92 Å². The van der Waals surface area contributed by atoms with Gasteiger partial charge in [-0.1, -0.05) is 18.1 Å². The van der Waals surface area contributed by atoms with Crippen molar-refractivity contribution in [3.63, 3.8) is 0 Å². The Kier molecular flexibility index (Phi) is 14.4. The summed E-state index contributed by atoms with van der Waals surface area (Å²) in [5, 5.41) is 10.3. The van der Waals surface area contributed by atoms with E-state index in [1.54, 1.807) is 12.1 Å². The number of Topliss-reactive ketones (excluding diaryl/α,β-unsaturated/α-hetero) is 1. The van der Waals surface area contributed by atoms with Crippen molar-refractivity contribution in [3.8, 4) is 37.0 Å². The Hall–Kier alpha value is -2.74. The van der Waals surface area contributed by atoms with Crippen LogP contribution in [0.5, 0.6) is 0 Å². The molecule has 0 saturated heterocycles. The third-order valence-corrected chi connectivity index (χ3v) is 2.18. The predicted octanol–water partition coefficient (Wildman–Crippen LogP) is 3.42. The van der Waals surface area contributed by atoms with Gasteiger partial charge in [-0.15, -0.1) is 36.8 Å². The molecule has 0 saturated carbocycles. The summed E-state index contributed by atoms with van der Waals surface area (Å²) in [6.07, 6.45) is 16.3. The second kappa shape index (κ2) is 14.7. The zero-order valence-corrected chi connectivity index (χ0v) is 13.0. The molecule has 114 valence electrons. The van der Waals surface area contributed by atoms with Crippen LogP contribution >= 0.6 is 11.6 Å². The molecule has 0 aliphatic carbocycles. The van der Waals surface area contributed by atoms with Crippen molar-refractivity contribution >= 4 is 23.1 Å². The van der Waals surface area contributed by atoms with Crippen molar-refractivity contribution in [2.75, 3.05) is 5.88 Å². The molecule has 0 spiro atoms. The van der Waals surface area contributed by atoms with Crippen LogP contribution in [-0.2, 0) is 4.79 Å². The number of hydrogen-bond acceptors (Lipinski definition) is 3. The van der Waals surface area contributed by atoms with E-state index in [1.165, 1.54) is 19.1 Å². The van der Waals surface area contributed by atoms with Gasteiger partial charge in [0.2, 0.25) is 5.78 Å². The van der Waals surface area contributed by atoms with Crippen molar-refractivity contribution in [2.24, 2.45) is 0 Å². The normalized spacial score (nSPS) is 7.59. The van der Waals surface area contributed by atoms with E-state index >= 15 is 0 Å². The topological polar surface area (TPSA) is 60.2 Å². The molecule has 0 aliphatic rings. The fraction of sp³-hybridized carbons (Fsp3) is 0.235. The summed E-state index contributed by atoms with van der Waals surface area (Å²) >= 11 is 5.28. The number of carbonyl (C=O) groups excluding carboxylic acids is 1. The van der Waals surface area contributed by atoms with Crippen molar-refractivity contribution < 1.29 is 9.72 Å². The fourth-order valence-electron chi connectivity index (χ4n) is 0.924. The number of ketones is 1. The van der Waals surface area contributed by atoms with Gasteiger partial charge in [-0.05, 0) is 18.4 Å². The first-order valence-corrected chi connectivity index (χ1v) is 6.64. The SMILES string of the molecule is C#CC(C)=O.C#CCCCCl.C#Cc1ccccc1[N+](=O)[O-]. The van der Waals surface area contributed by atoms with E-state index in [9.17, 15) is 14.9 Å². The predicted molar refractivity (Wildman–Crippen MR) is 89.3 cm³/mol. The number of benzene rings is 1. The number of terminal acetylenes is 3. The molecule has 0 N–H and O–H groups in total. The van der Waals surface area contributed by atoms with Gasteiger partial charge < -0.3 is 0 Å². The van der Waals surface area contributed by atoms with Gasteiger partial charge in [-0.2, -0.15) is 0 Å². The monoisotopic (exact) mass is 317 g/mol. The number of halogens is 1. The van der Waals surface area contributed by atoms with E-state index in [0.717, 1.165) is 12.8 Å². The summed E-state index contributed by atoms with van der Waals surface area (Å²) in [5.41, 5.74) is 0.299. The summed E-state index contributed by atoms with van der Waals surface area (Å²) in [6, 6.07) is 6.18. The zero-order chi connectivity index (χ0) is 17.4. The Morgan fingerprint density at radius 2 is 1.86 bits per heavy atom. The molecule has 0 fully saturated rings. The van der Waals surface area contributed by atoms with Crippen LogP contribution in [0.2, 0.25) is 0 Å². The largest absolute Gasteiger partial charge is 0.285 e. The molecule has 0 aromatic heterocycles. The Morgan fingerprint density at radius 1 is 1.32 bits per heavy atom. The lowest BCUT2D eigenvalue weighted by molar-refractivity contribution is -0.385. The number of nitro groups is 1. The number of carbonyl (C=O) groups is 1. The molecule has 1 aromatic rings. The number of alkyl halides is 1. The van der Waals surface area contributed by atoms with Crippen molar-refractivity contribution in [1.29, 1.82) is 0 Å². The van der Waals surface area contributed by atoms with E-state index in [0.29, 0.717) is 11.4 Å². The molecule has 5 heteroatoms. The second-order valence-electron chi connectivity index (χ2n) is 3.62. The smallest absolute Gasteiger partial charge is 0.284 e. The molecule has 0 bridgehead atoms. The third-order valence-electron chi connectivity index (χ3n) is 1.91. The van der Waals surface area contributed by atoms with Gasteiger partial charge in [-0.25, -0.2) is 0 Å². The van der Waals surface area contributed by atoms with E-state index in [4.69, 9.17) is 24.4 Å². The van der Waals surface area contributed by atoms with Crippen molar-refractivity contribution in [2.45, 2.75) is 19.8 Å². The average Bonchev–Trinajstić information content (AvgIpc) is 2.53. The molecule has 0 heterocycles. The molecule has 0 aliphatic heterocycles. The van der Waals surface area contributed by atoms with E-state index in [2.05, 4.69) is 18.3 Å². The highest BCUT2D eigenvalue weighted by Gasteiger charge is 2.08. The maximum Gasteiger partial charge on any atom is 0.284 e. The number of para-hydroxylation sites is 1. The third kappa shape index (κ3) is 12.3. The molecule has 4 nitrogen and oxygen atoms in total. The van der Waals surface area contributed by atoms with E-state index in [1.807, 2.05) is 5.92 Å². The molecule has 0 atom stereocenters. The van der Waals surface area contributed by atoms with Crippen LogP contribution in [0.4, 0.5) is 5.69 Å². The lowest BCUT2D eigenvalue weighted by Gasteiger charge is -1.92. The highest BCUT2D eigenvalue weighted by Crippen LogP contribution is 2.15. The lowest BCUT2D eigenvalue weighted by Crippen LogP contribution is -1.90. The summed E-state index contributed by atoms with van der Waals surface area (Å²) in [4.78, 5) is 19.4. The van der Waals surface area contributed by atoms with Crippen LogP contribution < -0.4 is 0 Å². The van der Waals surface area contributed by atoms with Crippen LogP contribution in [-0.4, -0.2) is 16.6 Å². The quantitative estimate of drug-likeness (QED) is 0.214. The van der Waals surface area contributed by atoms with Gasteiger partial charge in [0.1, 0.15) is 5.56 Å². The highest BCUT2D eigenvalue weighted by atomic mass is 35.5. The molecule has 22 heavy (non-hydrogen) atoms. The standard InChI is InChI=1S/C8H5NO2.C5H7Cl.C4H4O/c1-2-7-5-3-4-6-8(7)9(10)11;1-2-3-4-5-6;1-3-4(2)5/h1,3-6H;1H,3-5H2;1H,2H3. The first-order chi connectivity index (χ1) is 10.4. The Balaban J connectivity index is 0. The molecular formula is C17H16ClNO3. The number of rotatable bonds is 3. The lowest BCUT2D eigenvalue weighted by atomic mass is 10.2. The average molecular weight is 318 g/mol. The summed E-state index contributed by atoms with van der Waals surface area (Å²) < 4.78 is 0. The molecule has 0 unspecified atom stereocenters. The molecular weight excluding hydrogens is 302 g/mol. The molecule has 0 amide bonds. The number of nitro benzene ring substituents is 1. The number of hydrogen-bond donors (Lipinski definition) is 0.